The van der Waals surface area contributed by atoms with Gasteiger partial charge in [-0.25, -0.2) is 9.37 Å². The van der Waals surface area contributed by atoms with Crippen LogP contribution in [0.3, 0.4) is 0 Å². The average Bonchev–Trinajstić information content (AvgIpc) is 3.17. The molecule has 1 aromatic carbocycles. The van der Waals surface area contributed by atoms with E-state index in [4.69, 9.17) is 4.74 Å². The standard InChI is InChI=1S/C22H21FN4O2/c23-18-5-1-3-16(11-18)21(28)26-9-6-22(7-10-26)15-27-19(13-25-20(27)14-29-22)17-4-2-8-24-12-17/h1-5,8,11-13H,6-7,9-10,14-15H2. The number of halogens is 1. The summed E-state index contributed by atoms with van der Waals surface area (Å²) in [4.78, 5) is 23.2. The molecule has 3 aromatic rings. The summed E-state index contributed by atoms with van der Waals surface area (Å²) in [6.07, 6.45) is 6.94. The maximum absolute atomic E-state index is 13.5. The summed E-state index contributed by atoms with van der Waals surface area (Å²) < 4.78 is 21.9. The summed E-state index contributed by atoms with van der Waals surface area (Å²) in [7, 11) is 0. The molecule has 0 bridgehead atoms. The van der Waals surface area contributed by atoms with E-state index in [1.165, 1.54) is 12.1 Å². The molecule has 7 heteroatoms. The Labute approximate surface area is 168 Å². The fraction of sp³-hybridized carbons (Fsp3) is 0.318. The van der Waals surface area contributed by atoms with Crippen molar-refractivity contribution >= 4 is 5.91 Å². The van der Waals surface area contributed by atoms with Crippen molar-refractivity contribution in [3.05, 3.63) is 72.2 Å². The molecule has 1 saturated heterocycles. The molecule has 6 nitrogen and oxygen atoms in total. The topological polar surface area (TPSA) is 60.2 Å². The maximum Gasteiger partial charge on any atom is 0.253 e. The Kier molecular flexibility index (Phi) is 4.39. The largest absolute Gasteiger partial charge is 0.365 e. The van der Waals surface area contributed by atoms with E-state index in [-0.39, 0.29) is 11.5 Å². The Balaban J connectivity index is 1.32. The highest BCUT2D eigenvalue weighted by Crippen LogP contribution is 2.36. The average molecular weight is 392 g/mol. The number of imidazole rings is 1. The molecule has 1 amide bonds. The van der Waals surface area contributed by atoms with Gasteiger partial charge in [0.05, 0.1) is 24.0 Å². The van der Waals surface area contributed by atoms with E-state index in [1.807, 2.05) is 24.5 Å². The summed E-state index contributed by atoms with van der Waals surface area (Å²) in [5, 5.41) is 0. The van der Waals surface area contributed by atoms with E-state index in [0.717, 1.165) is 29.9 Å². The molecular formula is C22H21FN4O2. The van der Waals surface area contributed by atoms with Crippen molar-refractivity contribution in [1.29, 1.82) is 0 Å². The Morgan fingerprint density at radius 3 is 2.76 bits per heavy atom. The van der Waals surface area contributed by atoms with Crippen molar-refractivity contribution in [2.45, 2.75) is 31.6 Å². The summed E-state index contributed by atoms with van der Waals surface area (Å²) in [5.41, 5.74) is 2.14. The normalized spacial score (nSPS) is 17.9. The van der Waals surface area contributed by atoms with Crippen LogP contribution >= 0.6 is 0 Å². The molecular weight excluding hydrogens is 371 g/mol. The number of nitrogens with zero attached hydrogens (tertiary/aromatic N) is 4. The van der Waals surface area contributed by atoms with Crippen LogP contribution in [0.2, 0.25) is 0 Å². The molecule has 0 saturated carbocycles. The molecule has 0 unspecified atom stereocenters. The third-order valence-electron chi connectivity index (χ3n) is 5.88. The Morgan fingerprint density at radius 1 is 1.14 bits per heavy atom. The predicted molar refractivity (Wildman–Crippen MR) is 105 cm³/mol. The minimum atomic E-state index is -0.393. The molecule has 2 aliphatic rings. The number of likely N-dealkylation sites (tertiary alicyclic amines) is 1. The molecule has 2 aromatic heterocycles. The van der Waals surface area contributed by atoms with Crippen LogP contribution in [0.25, 0.3) is 11.3 Å². The number of piperidine rings is 1. The zero-order valence-electron chi connectivity index (χ0n) is 15.9. The second-order valence-electron chi connectivity index (χ2n) is 7.66. The summed E-state index contributed by atoms with van der Waals surface area (Å²) in [5.74, 6) is 0.387. The van der Waals surface area contributed by atoms with Crippen LogP contribution in [-0.2, 0) is 17.9 Å². The van der Waals surface area contributed by atoms with Gasteiger partial charge in [-0.3, -0.25) is 9.78 Å². The molecule has 148 valence electrons. The SMILES string of the molecule is O=C(c1cccc(F)c1)N1CCC2(CC1)Cn1c(-c3cccnc3)cnc1CO2. The van der Waals surface area contributed by atoms with Crippen LogP contribution in [0.15, 0.2) is 55.0 Å². The van der Waals surface area contributed by atoms with Gasteiger partial charge in [-0.2, -0.15) is 0 Å². The van der Waals surface area contributed by atoms with Crippen molar-refractivity contribution in [1.82, 2.24) is 19.4 Å². The Bertz CT molecular complexity index is 1040. The van der Waals surface area contributed by atoms with E-state index in [0.29, 0.717) is 31.8 Å². The van der Waals surface area contributed by atoms with Crippen LogP contribution in [0.5, 0.6) is 0 Å². The van der Waals surface area contributed by atoms with Gasteiger partial charge in [0.25, 0.3) is 5.91 Å². The van der Waals surface area contributed by atoms with Gasteiger partial charge in [0.1, 0.15) is 18.2 Å². The highest BCUT2D eigenvalue weighted by molar-refractivity contribution is 5.94. The fourth-order valence-electron chi connectivity index (χ4n) is 4.23. The maximum atomic E-state index is 13.5. The number of ether oxygens (including phenoxy) is 1. The van der Waals surface area contributed by atoms with Gasteiger partial charge in [-0.1, -0.05) is 6.07 Å². The van der Waals surface area contributed by atoms with Gasteiger partial charge in [-0.15, -0.1) is 0 Å². The molecule has 0 N–H and O–H groups in total. The number of pyridine rings is 1. The number of hydrogen-bond donors (Lipinski definition) is 0. The van der Waals surface area contributed by atoms with E-state index >= 15 is 0 Å². The summed E-state index contributed by atoms with van der Waals surface area (Å²) >= 11 is 0. The smallest absolute Gasteiger partial charge is 0.253 e. The molecule has 0 radical (unpaired) electrons. The lowest BCUT2D eigenvalue weighted by Gasteiger charge is -2.44. The van der Waals surface area contributed by atoms with Crippen molar-refractivity contribution in [2.24, 2.45) is 0 Å². The minimum absolute atomic E-state index is 0.130. The fourth-order valence-corrected chi connectivity index (χ4v) is 4.23. The van der Waals surface area contributed by atoms with Gasteiger partial charge in [0.15, 0.2) is 0 Å². The lowest BCUT2D eigenvalue weighted by Crippen LogP contribution is -2.52. The molecule has 0 aliphatic carbocycles. The predicted octanol–water partition coefficient (Wildman–Crippen LogP) is 3.29. The lowest BCUT2D eigenvalue weighted by molar-refractivity contribution is -0.117. The lowest BCUT2D eigenvalue weighted by atomic mass is 9.89. The number of amides is 1. The first-order chi connectivity index (χ1) is 14.1. The highest BCUT2D eigenvalue weighted by Gasteiger charge is 2.41. The van der Waals surface area contributed by atoms with E-state index in [9.17, 15) is 9.18 Å². The van der Waals surface area contributed by atoms with Crippen molar-refractivity contribution < 1.29 is 13.9 Å². The van der Waals surface area contributed by atoms with Crippen molar-refractivity contribution in [3.8, 4) is 11.3 Å². The molecule has 1 fully saturated rings. The number of benzene rings is 1. The second kappa shape index (κ2) is 7.08. The number of aromatic nitrogens is 3. The third-order valence-corrected chi connectivity index (χ3v) is 5.88. The van der Waals surface area contributed by atoms with E-state index in [2.05, 4.69) is 14.5 Å². The number of rotatable bonds is 2. The first-order valence-electron chi connectivity index (χ1n) is 9.77. The first-order valence-corrected chi connectivity index (χ1v) is 9.77. The van der Waals surface area contributed by atoms with Crippen LogP contribution in [0.1, 0.15) is 29.0 Å². The van der Waals surface area contributed by atoms with Crippen molar-refractivity contribution in [2.75, 3.05) is 13.1 Å². The molecule has 0 atom stereocenters. The van der Waals surface area contributed by atoms with Gasteiger partial charge in [0.2, 0.25) is 0 Å². The molecule has 29 heavy (non-hydrogen) atoms. The van der Waals surface area contributed by atoms with Gasteiger partial charge in [-0.05, 0) is 43.2 Å². The number of hydrogen-bond acceptors (Lipinski definition) is 4. The van der Waals surface area contributed by atoms with Crippen LogP contribution in [-0.4, -0.2) is 44.0 Å². The quantitative estimate of drug-likeness (QED) is 0.672. The zero-order valence-corrected chi connectivity index (χ0v) is 15.9. The summed E-state index contributed by atoms with van der Waals surface area (Å²) in [6.45, 7) is 2.33. The minimum Gasteiger partial charge on any atom is -0.365 e. The number of fused-ring (bicyclic) bond motifs is 1. The van der Waals surface area contributed by atoms with Gasteiger partial charge < -0.3 is 14.2 Å². The zero-order chi connectivity index (χ0) is 19.8. The molecule has 2 aliphatic heterocycles. The highest BCUT2D eigenvalue weighted by atomic mass is 19.1. The second-order valence-corrected chi connectivity index (χ2v) is 7.66. The number of carbonyl (C=O) groups excluding carboxylic acids is 1. The Morgan fingerprint density at radius 2 is 2.00 bits per heavy atom. The summed E-state index contributed by atoms with van der Waals surface area (Å²) in [6, 6.07) is 9.81. The van der Waals surface area contributed by atoms with Crippen LogP contribution in [0.4, 0.5) is 4.39 Å². The monoisotopic (exact) mass is 392 g/mol. The van der Waals surface area contributed by atoms with Crippen LogP contribution < -0.4 is 0 Å². The first kappa shape index (κ1) is 18.0. The van der Waals surface area contributed by atoms with Gasteiger partial charge >= 0.3 is 0 Å². The molecule has 4 heterocycles. The van der Waals surface area contributed by atoms with E-state index in [1.54, 1.807) is 23.2 Å². The number of carbonyl (C=O) groups is 1. The molecule has 5 rings (SSSR count). The van der Waals surface area contributed by atoms with Crippen LogP contribution in [0, 0.1) is 5.82 Å². The van der Waals surface area contributed by atoms with Gasteiger partial charge in [0, 0.05) is 36.6 Å². The van der Waals surface area contributed by atoms with E-state index < -0.39 is 5.82 Å². The molecule has 1 spiro atoms. The third kappa shape index (κ3) is 3.31. The van der Waals surface area contributed by atoms with Crippen molar-refractivity contribution in [3.63, 3.8) is 0 Å². The Hall–Kier alpha value is -3.06.